The quantitative estimate of drug-likeness (QED) is 0.413. The lowest BCUT2D eigenvalue weighted by atomic mass is 9.94. The number of benzene rings is 4. The van der Waals surface area contributed by atoms with Crippen LogP contribution in [0.1, 0.15) is 22.3 Å². The zero-order valence-corrected chi connectivity index (χ0v) is 15.1. The number of hydrogen-bond acceptors (Lipinski definition) is 4. The van der Waals surface area contributed by atoms with Crippen LogP contribution < -0.4 is 0 Å². The molecule has 4 nitrogen and oxygen atoms in total. The van der Waals surface area contributed by atoms with E-state index in [1.165, 1.54) is 0 Å². The molecule has 0 aliphatic heterocycles. The molecule has 0 atom stereocenters. The lowest BCUT2D eigenvalue weighted by Crippen LogP contribution is -1.94. The zero-order chi connectivity index (χ0) is 19.7. The molecule has 0 radical (unpaired) electrons. The normalized spacial score (nSPS) is 11.0. The van der Waals surface area contributed by atoms with Crippen LogP contribution in [0.3, 0.4) is 0 Å². The topological polar surface area (TPSA) is 80.9 Å². The molecule has 0 unspecified atom stereocenters. The summed E-state index contributed by atoms with van der Waals surface area (Å²) in [5, 5.41) is 41.6. The van der Waals surface area contributed by atoms with Crippen LogP contribution >= 0.6 is 0 Å². The molecule has 4 rings (SSSR count). The van der Waals surface area contributed by atoms with E-state index in [1.807, 2.05) is 30.3 Å². The molecule has 0 aliphatic rings. The molecule has 4 N–H and O–H groups in total. The molecular formula is C24H20O4. The van der Waals surface area contributed by atoms with Gasteiger partial charge in [0.2, 0.25) is 0 Å². The van der Waals surface area contributed by atoms with Gasteiger partial charge < -0.3 is 20.4 Å². The largest absolute Gasteiger partial charge is 0.508 e. The van der Waals surface area contributed by atoms with Crippen molar-refractivity contribution in [3.8, 4) is 23.0 Å². The summed E-state index contributed by atoms with van der Waals surface area (Å²) >= 11 is 0. The molecule has 28 heavy (non-hydrogen) atoms. The van der Waals surface area contributed by atoms with Crippen molar-refractivity contribution in [2.75, 3.05) is 0 Å². The van der Waals surface area contributed by atoms with Crippen LogP contribution in [-0.2, 0) is 12.8 Å². The van der Waals surface area contributed by atoms with Crippen molar-refractivity contribution >= 4 is 10.8 Å². The fourth-order valence-electron chi connectivity index (χ4n) is 3.43. The summed E-state index contributed by atoms with van der Waals surface area (Å²) in [6.07, 6.45) is 1.02. The Morgan fingerprint density at radius 3 is 1.71 bits per heavy atom. The summed E-state index contributed by atoms with van der Waals surface area (Å²) in [4.78, 5) is 0. The van der Waals surface area contributed by atoms with E-state index in [0.717, 1.165) is 33.0 Å². The highest BCUT2D eigenvalue weighted by Crippen LogP contribution is 2.34. The highest BCUT2D eigenvalue weighted by molar-refractivity contribution is 5.90. The minimum atomic E-state index is 0.196. The van der Waals surface area contributed by atoms with E-state index in [9.17, 15) is 20.4 Å². The molecule has 0 aliphatic carbocycles. The average Bonchev–Trinajstić information content (AvgIpc) is 2.68. The summed E-state index contributed by atoms with van der Waals surface area (Å²) < 4.78 is 0. The van der Waals surface area contributed by atoms with Gasteiger partial charge in [-0.2, -0.15) is 0 Å². The first-order chi connectivity index (χ1) is 13.5. The molecule has 4 aromatic rings. The number of aromatic hydroxyl groups is 4. The predicted molar refractivity (Wildman–Crippen MR) is 109 cm³/mol. The molecule has 0 amide bonds. The van der Waals surface area contributed by atoms with E-state index in [-0.39, 0.29) is 23.0 Å². The van der Waals surface area contributed by atoms with Gasteiger partial charge in [0.1, 0.15) is 23.0 Å². The molecule has 140 valence electrons. The Morgan fingerprint density at radius 1 is 0.536 bits per heavy atom. The molecule has 4 aromatic carbocycles. The molecule has 0 saturated heterocycles. The van der Waals surface area contributed by atoms with Gasteiger partial charge in [-0.05, 0) is 69.9 Å². The van der Waals surface area contributed by atoms with Gasteiger partial charge in [-0.15, -0.1) is 0 Å². The Bertz CT molecular complexity index is 1130. The molecule has 0 fully saturated rings. The highest BCUT2D eigenvalue weighted by Gasteiger charge is 2.12. The Labute approximate surface area is 162 Å². The maximum Gasteiger partial charge on any atom is 0.119 e. The van der Waals surface area contributed by atoms with Crippen LogP contribution in [0.25, 0.3) is 10.8 Å². The molecule has 0 aromatic heterocycles. The summed E-state index contributed by atoms with van der Waals surface area (Å²) in [5.41, 5.74) is 3.45. The average molecular weight is 372 g/mol. The van der Waals surface area contributed by atoms with Crippen LogP contribution in [0.5, 0.6) is 23.0 Å². The standard InChI is InChI=1S/C24H20O4/c25-19-6-1-15(2-7-19)11-18-13-21-17(14-24(18)28)5-10-23(27)22(21)12-16-3-8-20(26)9-4-16/h1-10,13-14,25-28H,11-12H2. The predicted octanol–water partition coefficient (Wildman–Crippen LogP) is 4.84. The van der Waals surface area contributed by atoms with E-state index in [2.05, 4.69) is 0 Å². The summed E-state index contributed by atoms with van der Waals surface area (Å²) in [7, 11) is 0. The van der Waals surface area contributed by atoms with Crippen LogP contribution in [0.4, 0.5) is 0 Å². The Balaban J connectivity index is 1.77. The minimum absolute atomic E-state index is 0.196. The molecule has 0 bridgehead atoms. The number of phenolic OH excluding ortho intramolecular Hbond substituents is 4. The second kappa shape index (κ2) is 7.16. The molecule has 0 spiro atoms. The third kappa shape index (κ3) is 3.58. The maximum atomic E-state index is 10.5. The lowest BCUT2D eigenvalue weighted by Gasteiger charge is -2.13. The van der Waals surface area contributed by atoms with Gasteiger partial charge in [-0.1, -0.05) is 30.3 Å². The SMILES string of the molecule is Oc1ccc(Cc2cc3c(Cc4ccc(O)cc4)c(O)ccc3cc2O)cc1. The summed E-state index contributed by atoms with van der Waals surface area (Å²) in [6, 6.07) is 20.8. The van der Waals surface area contributed by atoms with Crippen molar-refractivity contribution in [3.05, 3.63) is 95.1 Å². The molecule has 0 saturated carbocycles. The van der Waals surface area contributed by atoms with E-state index in [4.69, 9.17) is 0 Å². The molecule has 0 heterocycles. The molecular weight excluding hydrogens is 352 g/mol. The van der Waals surface area contributed by atoms with Crippen LogP contribution in [0.15, 0.2) is 72.8 Å². The van der Waals surface area contributed by atoms with Crippen molar-refractivity contribution in [3.63, 3.8) is 0 Å². The first kappa shape index (κ1) is 17.7. The molecule has 4 heteroatoms. The van der Waals surface area contributed by atoms with Crippen LogP contribution in [0, 0.1) is 0 Å². The van der Waals surface area contributed by atoms with Crippen LogP contribution in [-0.4, -0.2) is 20.4 Å². The third-order valence-corrected chi connectivity index (χ3v) is 4.95. The van der Waals surface area contributed by atoms with E-state index < -0.39 is 0 Å². The van der Waals surface area contributed by atoms with Gasteiger partial charge in [0.25, 0.3) is 0 Å². The van der Waals surface area contributed by atoms with Crippen molar-refractivity contribution in [2.24, 2.45) is 0 Å². The van der Waals surface area contributed by atoms with Crippen molar-refractivity contribution in [1.82, 2.24) is 0 Å². The number of phenols is 4. The van der Waals surface area contributed by atoms with Gasteiger partial charge in [-0.3, -0.25) is 0 Å². The smallest absolute Gasteiger partial charge is 0.119 e. The second-order valence-electron chi connectivity index (χ2n) is 6.95. The van der Waals surface area contributed by atoms with Gasteiger partial charge in [-0.25, -0.2) is 0 Å². The highest BCUT2D eigenvalue weighted by atomic mass is 16.3. The van der Waals surface area contributed by atoms with Crippen molar-refractivity contribution in [2.45, 2.75) is 12.8 Å². The van der Waals surface area contributed by atoms with Gasteiger partial charge in [0, 0.05) is 18.4 Å². The number of hydrogen-bond donors (Lipinski definition) is 4. The van der Waals surface area contributed by atoms with Gasteiger partial charge >= 0.3 is 0 Å². The van der Waals surface area contributed by atoms with Crippen molar-refractivity contribution < 1.29 is 20.4 Å². The van der Waals surface area contributed by atoms with Gasteiger partial charge in [0.15, 0.2) is 0 Å². The second-order valence-corrected chi connectivity index (χ2v) is 6.95. The van der Waals surface area contributed by atoms with Gasteiger partial charge in [0.05, 0.1) is 0 Å². The number of fused-ring (bicyclic) bond motifs is 1. The summed E-state index contributed by atoms with van der Waals surface area (Å²) in [5.74, 6) is 0.795. The monoisotopic (exact) mass is 372 g/mol. The van der Waals surface area contributed by atoms with E-state index in [0.29, 0.717) is 12.8 Å². The van der Waals surface area contributed by atoms with Crippen molar-refractivity contribution in [1.29, 1.82) is 0 Å². The first-order valence-corrected chi connectivity index (χ1v) is 9.02. The minimum Gasteiger partial charge on any atom is -0.508 e. The summed E-state index contributed by atoms with van der Waals surface area (Å²) in [6.45, 7) is 0. The number of rotatable bonds is 4. The van der Waals surface area contributed by atoms with Crippen LogP contribution in [0.2, 0.25) is 0 Å². The lowest BCUT2D eigenvalue weighted by molar-refractivity contribution is 0.468. The fourth-order valence-corrected chi connectivity index (χ4v) is 3.43. The Kier molecular flexibility index (Phi) is 4.53. The Morgan fingerprint density at radius 2 is 1.11 bits per heavy atom. The maximum absolute atomic E-state index is 10.5. The van der Waals surface area contributed by atoms with E-state index in [1.54, 1.807) is 42.5 Å². The Hall–Kier alpha value is -3.66. The zero-order valence-electron chi connectivity index (χ0n) is 15.1. The first-order valence-electron chi connectivity index (χ1n) is 9.02. The third-order valence-electron chi connectivity index (χ3n) is 4.95. The van der Waals surface area contributed by atoms with E-state index >= 15 is 0 Å². The fraction of sp³-hybridized carbons (Fsp3) is 0.0833.